The predicted octanol–water partition coefficient (Wildman–Crippen LogP) is 6.34. The summed E-state index contributed by atoms with van der Waals surface area (Å²) in [5.74, 6) is -1.64. The Morgan fingerprint density at radius 3 is 2.37 bits per heavy atom. The molecule has 5 aromatic heterocycles. The molecule has 16 heteroatoms. The van der Waals surface area contributed by atoms with E-state index in [1.807, 2.05) is 54.6 Å². The molecule has 1 unspecified atom stereocenters. The van der Waals surface area contributed by atoms with Crippen LogP contribution in [0.2, 0.25) is 0 Å². The van der Waals surface area contributed by atoms with Crippen molar-refractivity contribution in [3.63, 3.8) is 0 Å². The first-order chi connectivity index (χ1) is 24.4. The van der Waals surface area contributed by atoms with Crippen LogP contribution in [0, 0.1) is 0 Å². The van der Waals surface area contributed by atoms with Crippen LogP contribution in [-0.2, 0) is 6.18 Å². The molecule has 0 bridgehead atoms. The first-order valence-electron chi connectivity index (χ1n) is 15.7. The second-order valence-electron chi connectivity index (χ2n) is 11.8. The lowest BCUT2D eigenvalue weighted by atomic mass is 10.0. The monoisotopic (exact) mass is 735 g/mol. The molecular weight excluding hydrogens is 704 g/mol. The number of carboxylic acid groups (broad SMARTS) is 1. The van der Waals surface area contributed by atoms with Gasteiger partial charge in [0.05, 0.1) is 27.9 Å². The van der Waals surface area contributed by atoms with Crippen molar-refractivity contribution in [2.75, 3.05) is 30.3 Å². The molecule has 1 saturated heterocycles. The van der Waals surface area contributed by atoms with Crippen LogP contribution in [0.3, 0.4) is 0 Å². The Kier molecular flexibility index (Phi) is 10.5. The summed E-state index contributed by atoms with van der Waals surface area (Å²) in [7, 11) is 0. The van der Waals surface area contributed by atoms with Gasteiger partial charge in [0.15, 0.2) is 0 Å². The molecule has 6 heterocycles. The highest BCUT2D eigenvalue weighted by molar-refractivity contribution is 7.21. The van der Waals surface area contributed by atoms with E-state index >= 15 is 0 Å². The fourth-order valence-corrected chi connectivity index (χ4v) is 7.55. The highest BCUT2D eigenvalue weighted by atomic mass is 32.1. The fraction of sp³-hybridized carbons (Fsp3) is 0.229. The average Bonchev–Trinajstić information content (AvgIpc) is 3.72. The van der Waals surface area contributed by atoms with E-state index in [-0.39, 0.29) is 27.0 Å². The number of aromatic carboxylic acids is 1. The number of rotatable bonds is 8. The number of amides is 1. The number of aromatic nitrogens is 3. The number of benzene rings is 1. The molecule has 11 nitrogen and oxygen atoms in total. The number of carbonyl (C=O) groups excluding carboxylic acids is 1. The summed E-state index contributed by atoms with van der Waals surface area (Å²) in [6.45, 7) is 1.21. The van der Waals surface area contributed by atoms with Gasteiger partial charge in [0.25, 0.3) is 5.91 Å². The molecule has 1 aliphatic heterocycles. The highest BCUT2D eigenvalue weighted by Gasteiger charge is 2.37. The molecule has 51 heavy (non-hydrogen) atoms. The molecule has 1 atom stereocenters. The number of nitrogens with zero attached hydrogens (tertiary/aromatic N) is 4. The highest BCUT2D eigenvalue weighted by Crippen LogP contribution is 2.43. The van der Waals surface area contributed by atoms with E-state index in [1.54, 1.807) is 23.4 Å². The Balaban J connectivity index is 0.000000313. The van der Waals surface area contributed by atoms with Crippen LogP contribution < -0.4 is 21.7 Å². The molecule has 1 aromatic carbocycles. The van der Waals surface area contributed by atoms with Crippen LogP contribution in [0.1, 0.15) is 49.4 Å². The maximum Gasteiger partial charge on any atom is 0.417 e. The molecule has 1 aliphatic rings. The van der Waals surface area contributed by atoms with Gasteiger partial charge in [-0.2, -0.15) is 13.2 Å². The minimum absolute atomic E-state index is 0.0509. The Bertz CT molecular complexity index is 2140. The Hall–Kier alpha value is -5.16. The number of nitrogens with two attached hydrogens (primary N) is 2. The molecule has 1 amide bonds. The van der Waals surface area contributed by atoms with Crippen molar-refractivity contribution in [2.24, 2.45) is 5.73 Å². The number of piperidine rings is 1. The number of halogens is 3. The van der Waals surface area contributed by atoms with Gasteiger partial charge in [0.2, 0.25) is 0 Å². The van der Waals surface area contributed by atoms with Gasteiger partial charge in [-0.05, 0) is 37.1 Å². The van der Waals surface area contributed by atoms with Gasteiger partial charge in [0, 0.05) is 60.0 Å². The molecule has 1 fully saturated rings. The Morgan fingerprint density at radius 2 is 1.75 bits per heavy atom. The van der Waals surface area contributed by atoms with Crippen LogP contribution >= 0.6 is 22.7 Å². The van der Waals surface area contributed by atoms with Crippen LogP contribution in [0.5, 0.6) is 0 Å². The number of nitrogen functional groups attached to an aromatic ring is 1. The molecule has 0 spiro atoms. The molecule has 6 aromatic rings. The number of pyridine rings is 3. The van der Waals surface area contributed by atoms with Gasteiger partial charge in [0.1, 0.15) is 20.4 Å². The van der Waals surface area contributed by atoms with Crippen molar-refractivity contribution < 1.29 is 33.0 Å². The number of carboxylic acids is 1. The third kappa shape index (κ3) is 8.09. The molecular formula is C35H32F3N7O4S2. The van der Waals surface area contributed by atoms with Crippen LogP contribution in [0.25, 0.3) is 31.7 Å². The predicted molar refractivity (Wildman–Crippen MR) is 192 cm³/mol. The van der Waals surface area contributed by atoms with Gasteiger partial charge < -0.3 is 31.9 Å². The van der Waals surface area contributed by atoms with Crippen molar-refractivity contribution in [1.29, 1.82) is 0 Å². The molecule has 0 aliphatic carbocycles. The van der Waals surface area contributed by atoms with Crippen LogP contribution in [0.4, 0.5) is 24.7 Å². The zero-order valence-electron chi connectivity index (χ0n) is 26.8. The summed E-state index contributed by atoms with van der Waals surface area (Å²) in [5.41, 5.74) is 12.0. The summed E-state index contributed by atoms with van der Waals surface area (Å²) < 4.78 is 41.6. The third-order valence-electron chi connectivity index (χ3n) is 8.38. The average molecular weight is 736 g/mol. The van der Waals surface area contributed by atoms with Gasteiger partial charge in [-0.1, -0.05) is 42.5 Å². The Labute approximate surface area is 297 Å². The number of alkyl halides is 3. The fourth-order valence-electron chi connectivity index (χ4n) is 5.74. The van der Waals surface area contributed by atoms with E-state index < -0.39 is 35.4 Å². The molecule has 0 saturated carbocycles. The second kappa shape index (κ2) is 15.0. The summed E-state index contributed by atoms with van der Waals surface area (Å²) in [6, 6.07) is 20.0. The van der Waals surface area contributed by atoms with E-state index in [1.165, 1.54) is 11.3 Å². The zero-order valence-corrected chi connectivity index (χ0v) is 28.4. The van der Waals surface area contributed by atoms with Crippen molar-refractivity contribution in [3.05, 3.63) is 100 Å². The minimum Gasteiger partial charge on any atom is -0.477 e. The number of hydrogen-bond acceptors (Lipinski definition) is 11. The maximum absolute atomic E-state index is 13.9. The van der Waals surface area contributed by atoms with Gasteiger partial charge in [-0.15, -0.1) is 22.7 Å². The van der Waals surface area contributed by atoms with E-state index in [9.17, 15) is 33.0 Å². The van der Waals surface area contributed by atoms with E-state index in [0.717, 1.165) is 27.5 Å². The van der Waals surface area contributed by atoms with Crippen molar-refractivity contribution in [1.82, 2.24) is 20.3 Å². The number of aliphatic hydroxyl groups excluding tert-OH is 1. The van der Waals surface area contributed by atoms with Crippen molar-refractivity contribution in [2.45, 2.75) is 31.2 Å². The van der Waals surface area contributed by atoms with Crippen LogP contribution in [-0.4, -0.2) is 62.7 Å². The SMILES string of the molecule is NC(=O)c1cc2cccnc2s1.Nc1c(C(=O)O)sc2nc(N3CCC(NCC(O)c4ccc(-c5ccccc5)nc4)CC3)cc(C(F)(F)F)c12. The lowest BCUT2D eigenvalue weighted by Crippen LogP contribution is -2.44. The van der Waals surface area contributed by atoms with Gasteiger partial charge in [-0.25, -0.2) is 14.8 Å². The zero-order chi connectivity index (χ0) is 36.3. The van der Waals surface area contributed by atoms with E-state index in [0.29, 0.717) is 54.3 Å². The normalized spacial score (nSPS) is 14.3. The standard InChI is InChI=1S/C27H26F3N5O3S.C8H6N2OS/c28-27(29,30)18-12-21(34-25-22(18)23(31)24(39-25)26(37)38)35-10-8-17(9-11-35)32-14-20(36)16-6-7-19(33-13-16)15-4-2-1-3-5-15;9-7(11)6-4-5-2-1-3-10-8(5)12-6/h1-7,12-13,17,20,32,36H,8-11,14,31H2,(H,37,38);1-4H,(H2,9,11). The number of primary amides is 1. The van der Waals surface area contributed by atoms with Crippen molar-refractivity contribution in [3.8, 4) is 11.3 Å². The number of anilines is 2. The number of hydrogen-bond donors (Lipinski definition) is 5. The lowest BCUT2D eigenvalue weighted by Gasteiger charge is -2.34. The number of carbonyl (C=O) groups is 2. The molecule has 0 radical (unpaired) electrons. The largest absolute Gasteiger partial charge is 0.477 e. The minimum atomic E-state index is -4.72. The first-order valence-corrected chi connectivity index (χ1v) is 17.4. The van der Waals surface area contributed by atoms with E-state index in [4.69, 9.17) is 11.5 Å². The van der Waals surface area contributed by atoms with E-state index in [2.05, 4.69) is 20.3 Å². The lowest BCUT2D eigenvalue weighted by molar-refractivity contribution is -0.136. The summed E-state index contributed by atoms with van der Waals surface area (Å²) in [5, 5.41) is 23.9. The number of fused-ring (bicyclic) bond motifs is 2. The van der Waals surface area contributed by atoms with Gasteiger partial charge >= 0.3 is 12.1 Å². The number of thiophene rings is 2. The van der Waals surface area contributed by atoms with Crippen LogP contribution in [0.15, 0.2) is 79.1 Å². The smallest absolute Gasteiger partial charge is 0.417 e. The topological polar surface area (TPSA) is 181 Å². The maximum atomic E-state index is 13.9. The Morgan fingerprint density at radius 1 is 1.00 bits per heavy atom. The molecule has 264 valence electrons. The molecule has 7 rings (SSSR count). The van der Waals surface area contributed by atoms with Crippen molar-refractivity contribution >= 4 is 66.5 Å². The number of nitrogens with one attached hydrogen (secondary N) is 1. The third-order valence-corrected chi connectivity index (χ3v) is 10.5. The first kappa shape index (κ1) is 35.7. The molecule has 7 N–H and O–H groups in total. The quantitative estimate of drug-likeness (QED) is 0.118. The van der Waals surface area contributed by atoms with Gasteiger partial charge in [-0.3, -0.25) is 9.78 Å². The number of aliphatic hydroxyl groups is 1. The summed E-state index contributed by atoms with van der Waals surface area (Å²) >= 11 is 1.96. The summed E-state index contributed by atoms with van der Waals surface area (Å²) in [4.78, 5) is 37.9. The summed E-state index contributed by atoms with van der Waals surface area (Å²) in [6.07, 6.45) is -0.858. The second-order valence-corrected chi connectivity index (χ2v) is 13.8.